The van der Waals surface area contributed by atoms with Gasteiger partial charge in [0.25, 0.3) is 0 Å². The van der Waals surface area contributed by atoms with Crippen LogP contribution in [0.2, 0.25) is 0 Å². The monoisotopic (exact) mass is 286 g/mol. The summed E-state index contributed by atoms with van der Waals surface area (Å²) in [4.78, 5) is 12.8. The van der Waals surface area contributed by atoms with Crippen molar-refractivity contribution in [2.45, 2.75) is 17.9 Å². The van der Waals surface area contributed by atoms with E-state index in [4.69, 9.17) is 5.73 Å². The zero-order valence-corrected chi connectivity index (χ0v) is 12.4. The number of amides is 1. The molecule has 1 atom stereocenters. The van der Waals surface area contributed by atoms with Crippen LogP contribution in [0.3, 0.4) is 0 Å². The molecule has 0 aliphatic rings. The van der Waals surface area contributed by atoms with E-state index >= 15 is 0 Å². The van der Waals surface area contributed by atoms with E-state index in [0.717, 1.165) is 16.1 Å². The summed E-state index contributed by atoms with van der Waals surface area (Å²) in [7, 11) is 0. The molecule has 0 radical (unpaired) electrons. The molecule has 2 rings (SSSR count). The molecule has 2 aromatic rings. The molecule has 0 spiro atoms. The van der Waals surface area contributed by atoms with Crippen molar-refractivity contribution in [3.8, 4) is 0 Å². The quantitative estimate of drug-likeness (QED) is 0.829. The van der Waals surface area contributed by atoms with Crippen LogP contribution in [0, 0.1) is 6.92 Å². The lowest BCUT2D eigenvalue weighted by molar-refractivity contribution is -0.118. The highest BCUT2D eigenvalue weighted by Gasteiger charge is 2.17. The number of thioether (sulfide) groups is 1. The van der Waals surface area contributed by atoms with Crippen LogP contribution in [0.4, 0.5) is 5.69 Å². The molecular weight excluding hydrogens is 268 g/mol. The predicted molar refractivity (Wildman–Crippen MR) is 85.0 cm³/mol. The fourth-order valence-electron chi connectivity index (χ4n) is 1.93. The zero-order chi connectivity index (χ0) is 14.5. The fourth-order valence-corrected chi connectivity index (χ4v) is 2.34. The molecule has 2 aromatic carbocycles. The Kier molecular flexibility index (Phi) is 4.69. The second-order valence-electron chi connectivity index (χ2n) is 4.62. The summed E-state index contributed by atoms with van der Waals surface area (Å²) >= 11 is 1.67. The molecule has 104 valence electrons. The lowest BCUT2D eigenvalue weighted by Gasteiger charge is -2.17. The van der Waals surface area contributed by atoms with Gasteiger partial charge in [-0.2, -0.15) is 0 Å². The van der Waals surface area contributed by atoms with E-state index in [-0.39, 0.29) is 5.91 Å². The molecule has 1 amide bonds. The van der Waals surface area contributed by atoms with Gasteiger partial charge in [-0.25, -0.2) is 0 Å². The Morgan fingerprint density at radius 3 is 2.20 bits per heavy atom. The van der Waals surface area contributed by atoms with Crippen LogP contribution < -0.4 is 11.1 Å². The smallest absolute Gasteiger partial charge is 0.244 e. The number of hydrogen-bond donors (Lipinski definition) is 2. The number of nitrogens with two attached hydrogens (primary N) is 1. The van der Waals surface area contributed by atoms with Gasteiger partial charge >= 0.3 is 0 Å². The SMILES string of the molecule is CSc1ccc(C(Nc2ccc(C)cc2)C(N)=O)cc1. The molecule has 0 saturated heterocycles. The molecule has 1 unspecified atom stereocenters. The summed E-state index contributed by atoms with van der Waals surface area (Å²) < 4.78 is 0. The molecule has 0 bridgehead atoms. The van der Waals surface area contributed by atoms with Crippen LogP contribution in [-0.2, 0) is 4.79 Å². The minimum Gasteiger partial charge on any atom is -0.370 e. The number of rotatable bonds is 5. The van der Waals surface area contributed by atoms with E-state index < -0.39 is 6.04 Å². The van der Waals surface area contributed by atoms with Crippen molar-refractivity contribution in [1.82, 2.24) is 0 Å². The largest absolute Gasteiger partial charge is 0.370 e. The van der Waals surface area contributed by atoms with Crippen LogP contribution >= 0.6 is 11.8 Å². The molecule has 20 heavy (non-hydrogen) atoms. The van der Waals surface area contributed by atoms with Crippen LogP contribution in [0.5, 0.6) is 0 Å². The normalized spacial score (nSPS) is 11.9. The Labute approximate surface area is 123 Å². The molecule has 0 aromatic heterocycles. The molecule has 0 fully saturated rings. The second kappa shape index (κ2) is 6.48. The number of hydrogen-bond acceptors (Lipinski definition) is 3. The average Bonchev–Trinajstić information content (AvgIpc) is 2.46. The third-order valence-electron chi connectivity index (χ3n) is 3.10. The van der Waals surface area contributed by atoms with Crippen LogP contribution in [0.25, 0.3) is 0 Å². The second-order valence-corrected chi connectivity index (χ2v) is 5.50. The highest BCUT2D eigenvalue weighted by atomic mass is 32.2. The average molecular weight is 286 g/mol. The van der Waals surface area contributed by atoms with Crippen LogP contribution in [0.15, 0.2) is 53.4 Å². The number of aryl methyl sites for hydroxylation is 1. The summed E-state index contributed by atoms with van der Waals surface area (Å²) in [6.07, 6.45) is 2.02. The molecule has 0 aliphatic carbocycles. The molecule has 4 heteroatoms. The van der Waals surface area contributed by atoms with Gasteiger partial charge < -0.3 is 11.1 Å². The van der Waals surface area contributed by atoms with Gasteiger partial charge in [-0.3, -0.25) is 4.79 Å². The highest BCUT2D eigenvalue weighted by molar-refractivity contribution is 7.98. The van der Waals surface area contributed by atoms with Crippen LogP contribution in [0.1, 0.15) is 17.2 Å². The first-order valence-corrected chi connectivity index (χ1v) is 7.59. The Hall–Kier alpha value is -1.94. The van der Waals surface area contributed by atoms with E-state index in [1.807, 2.05) is 61.7 Å². The Morgan fingerprint density at radius 2 is 1.70 bits per heavy atom. The van der Waals surface area contributed by atoms with Gasteiger partial charge in [-0.1, -0.05) is 29.8 Å². The summed E-state index contributed by atoms with van der Waals surface area (Å²) in [5.74, 6) is -0.387. The van der Waals surface area contributed by atoms with Crippen molar-refractivity contribution in [3.05, 3.63) is 59.7 Å². The predicted octanol–water partition coefficient (Wildman–Crippen LogP) is 3.36. The number of primary amides is 1. The van der Waals surface area contributed by atoms with Gasteiger partial charge in [0.05, 0.1) is 0 Å². The molecule has 3 nitrogen and oxygen atoms in total. The van der Waals surface area contributed by atoms with E-state index in [1.54, 1.807) is 11.8 Å². The van der Waals surface area contributed by atoms with Crippen LogP contribution in [-0.4, -0.2) is 12.2 Å². The number of anilines is 1. The zero-order valence-electron chi connectivity index (χ0n) is 11.6. The van der Waals surface area contributed by atoms with E-state index in [1.165, 1.54) is 5.56 Å². The van der Waals surface area contributed by atoms with Gasteiger partial charge in [-0.05, 0) is 43.0 Å². The minimum atomic E-state index is -0.520. The van der Waals surface area contributed by atoms with E-state index in [0.29, 0.717) is 0 Å². The van der Waals surface area contributed by atoms with Gasteiger partial charge in [0.2, 0.25) is 5.91 Å². The molecule has 0 aliphatic heterocycles. The van der Waals surface area contributed by atoms with Gasteiger partial charge in [0.1, 0.15) is 6.04 Å². The molecule has 0 saturated carbocycles. The number of nitrogens with one attached hydrogen (secondary N) is 1. The van der Waals surface area contributed by atoms with Crippen molar-refractivity contribution in [1.29, 1.82) is 0 Å². The Morgan fingerprint density at radius 1 is 1.10 bits per heavy atom. The van der Waals surface area contributed by atoms with Crippen molar-refractivity contribution in [2.75, 3.05) is 11.6 Å². The standard InChI is InChI=1S/C16H18N2OS/c1-11-3-7-13(8-4-11)18-15(16(17)19)12-5-9-14(20-2)10-6-12/h3-10,15,18H,1-2H3,(H2,17,19). The third kappa shape index (κ3) is 3.54. The van der Waals surface area contributed by atoms with E-state index in [2.05, 4.69) is 5.32 Å². The summed E-state index contributed by atoms with van der Waals surface area (Å²) in [5, 5.41) is 3.18. The van der Waals surface area contributed by atoms with E-state index in [9.17, 15) is 4.79 Å². The van der Waals surface area contributed by atoms with Gasteiger partial charge in [0.15, 0.2) is 0 Å². The molecule has 3 N–H and O–H groups in total. The van der Waals surface area contributed by atoms with Gasteiger partial charge in [-0.15, -0.1) is 11.8 Å². The highest BCUT2D eigenvalue weighted by Crippen LogP contribution is 2.22. The number of carbonyl (C=O) groups excluding carboxylic acids is 1. The maximum absolute atomic E-state index is 11.7. The summed E-state index contributed by atoms with van der Waals surface area (Å²) in [5.41, 5.74) is 8.44. The van der Waals surface area contributed by atoms with Crippen molar-refractivity contribution in [2.24, 2.45) is 5.73 Å². The third-order valence-corrected chi connectivity index (χ3v) is 3.84. The maximum atomic E-state index is 11.7. The number of benzene rings is 2. The van der Waals surface area contributed by atoms with Gasteiger partial charge in [0, 0.05) is 10.6 Å². The lowest BCUT2D eigenvalue weighted by Crippen LogP contribution is -2.27. The number of carbonyl (C=O) groups is 1. The van der Waals surface area contributed by atoms with Crippen molar-refractivity contribution in [3.63, 3.8) is 0 Å². The Bertz CT molecular complexity index is 578. The Balaban J connectivity index is 2.22. The van der Waals surface area contributed by atoms with Crippen molar-refractivity contribution >= 4 is 23.4 Å². The first-order chi connectivity index (χ1) is 9.60. The fraction of sp³-hybridized carbons (Fsp3) is 0.188. The molecule has 0 heterocycles. The van der Waals surface area contributed by atoms with Crippen molar-refractivity contribution < 1.29 is 4.79 Å². The first-order valence-electron chi connectivity index (χ1n) is 6.36. The minimum absolute atomic E-state index is 0.387. The maximum Gasteiger partial charge on any atom is 0.244 e. The summed E-state index contributed by atoms with van der Waals surface area (Å²) in [6, 6.07) is 15.2. The molecular formula is C16H18N2OS. The lowest BCUT2D eigenvalue weighted by atomic mass is 10.1. The first kappa shape index (κ1) is 14.5. The topological polar surface area (TPSA) is 55.1 Å². The summed E-state index contributed by atoms with van der Waals surface area (Å²) in [6.45, 7) is 2.02.